The number of amides is 1. The molecule has 23 heavy (non-hydrogen) atoms. The molecule has 0 bridgehead atoms. The molecule has 0 unspecified atom stereocenters. The maximum absolute atomic E-state index is 12.5. The molecule has 1 N–H and O–H groups in total. The number of carbonyl (C=O) groups is 1. The highest BCUT2D eigenvalue weighted by Gasteiger charge is 2.19. The summed E-state index contributed by atoms with van der Waals surface area (Å²) in [4.78, 5) is 13.2. The van der Waals surface area contributed by atoms with E-state index in [0.29, 0.717) is 28.0 Å². The highest BCUT2D eigenvalue weighted by Crippen LogP contribution is 2.28. The zero-order valence-corrected chi connectivity index (χ0v) is 14.1. The van der Waals surface area contributed by atoms with E-state index in [1.165, 1.54) is 11.5 Å². The molecule has 0 radical (unpaired) electrons. The van der Waals surface area contributed by atoms with Crippen LogP contribution in [0, 0.1) is 6.92 Å². The molecule has 1 aromatic carbocycles. The molecule has 6 nitrogen and oxygen atoms in total. The lowest BCUT2D eigenvalue weighted by Gasteiger charge is -2.06. The van der Waals surface area contributed by atoms with Gasteiger partial charge in [-0.15, -0.1) is 5.10 Å². The summed E-state index contributed by atoms with van der Waals surface area (Å²) in [6, 6.07) is 9.05. The number of benzene rings is 1. The number of aromatic nitrogens is 4. The molecule has 0 fully saturated rings. The predicted octanol–water partition coefficient (Wildman–Crippen LogP) is 3.64. The van der Waals surface area contributed by atoms with E-state index in [-0.39, 0.29) is 5.91 Å². The molecule has 0 aliphatic rings. The van der Waals surface area contributed by atoms with Gasteiger partial charge in [0, 0.05) is 17.6 Å². The number of anilines is 1. The molecule has 0 aliphatic heterocycles. The molecule has 2 heterocycles. The second-order valence-electron chi connectivity index (χ2n) is 4.90. The Morgan fingerprint density at radius 3 is 2.78 bits per heavy atom. The lowest BCUT2D eigenvalue weighted by atomic mass is 10.1. The Kier molecular flexibility index (Phi) is 4.40. The summed E-state index contributed by atoms with van der Waals surface area (Å²) >= 11 is 7.08. The van der Waals surface area contributed by atoms with Gasteiger partial charge in [-0.2, -0.15) is 5.10 Å². The number of carbonyl (C=O) groups excluding carboxylic acids is 1. The van der Waals surface area contributed by atoms with Gasteiger partial charge in [-0.25, -0.2) is 4.68 Å². The third-order valence-electron chi connectivity index (χ3n) is 3.25. The van der Waals surface area contributed by atoms with Crippen LogP contribution in [-0.2, 0) is 6.54 Å². The normalized spacial score (nSPS) is 10.7. The fraction of sp³-hybridized carbons (Fsp3) is 0.200. The summed E-state index contributed by atoms with van der Waals surface area (Å²) in [6.07, 6.45) is 0. The molecule has 8 heteroatoms. The number of hydrogen-bond donors (Lipinski definition) is 1. The summed E-state index contributed by atoms with van der Waals surface area (Å²) in [5.41, 5.74) is 1.99. The third kappa shape index (κ3) is 3.25. The van der Waals surface area contributed by atoms with Crippen LogP contribution in [0.2, 0.25) is 5.02 Å². The van der Waals surface area contributed by atoms with Crippen LogP contribution in [0.15, 0.2) is 30.3 Å². The van der Waals surface area contributed by atoms with E-state index in [9.17, 15) is 4.79 Å². The molecule has 3 rings (SSSR count). The average molecular weight is 348 g/mol. The first kappa shape index (κ1) is 15.6. The summed E-state index contributed by atoms with van der Waals surface area (Å²) in [5.74, 6) is 0.336. The van der Waals surface area contributed by atoms with E-state index in [0.717, 1.165) is 11.3 Å². The summed E-state index contributed by atoms with van der Waals surface area (Å²) in [7, 11) is 0. The van der Waals surface area contributed by atoms with E-state index >= 15 is 0 Å². The molecule has 0 atom stereocenters. The lowest BCUT2D eigenvalue weighted by Crippen LogP contribution is -2.16. The summed E-state index contributed by atoms with van der Waals surface area (Å²) in [5, 5.41) is 11.8. The number of aryl methyl sites for hydroxylation is 2. The zero-order valence-electron chi connectivity index (χ0n) is 12.6. The topological polar surface area (TPSA) is 72.7 Å². The minimum atomic E-state index is -0.307. The molecule has 3 aromatic rings. The van der Waals surface area contributed by atoms with Gasteiger partial charge in [0.25, 0.3) is 5.91 Å². The Labute approximate surface area is 142 Å². The average Bonchev–Trinajstić information content (AvgIpc) is 3.14. The van der Waals surface area contributed by atoms with Crippen LogP contribution in [0.5, 0.6) is 0 Å². The number of rotatable bonds is 4. The van der Waals surface area contributed by atoms with Crippen molar-refractivity contribution in [1.29, 1.82) is 0 Å². The number of halogens is 1. The van der Waals surface area contributed by atoms with Crippen molar-refractivity contribution in [2.24, 2.45) is 0 Å². The number of hydrogen-bond acceptors (Lipinski definition) is 5. The molecule has 0 spiro atoms. The molecular weight excluding hydrogens is 334 g/mol. The standard InChI is InChI=1S/C15H14ClN5OS/c1-3-21-12(8-9(2)19-21)17-15(22)13-14(23-20-18-13)10-4-6-11(16)7-5-10/h4-8H,3H2,1-2H3,(H,17,22). The van der Waals surface area contributed by atoms with Crippen molar-refractivity contribution >= 4 is 34.9 Å². The van der Waals surface area contributed by atoms with Crippen LogP contribution in [0.25, 0.3) is 10.4 Å². The van der Waals surface area contributed by atoms with Crippen LogP contribution in [0.3, 0.4) is 0 Å². The molecule has 0 aliphatic carbocycles. The molecule has 0 saturated carbocycles. The highest BCUT2D eigenvalue weighted by atomic mass is 35.5. The van der Waals surface area contributed by atoms with Crippen LogP contribution < -0.4 is 5.32 Å². The zero-order chi connectivity index (χ0) is 16.4. The van der Waals surface area contributed by atoms with E-state index in [1.54, 1.807) is 16.8 Å². The first-order chi connectivity index (χ1) is 11.1. The van der Waals surface area contributed by atoms with Crippen molar-refractivity contribution in [2.75, 3.05) is 5.32 Å². The fourth-order valence-electron chi connectivity index (χ4n) is 2.19. The van der Waals surface area contributed by atoms with Crippen LogP contribution in [0.1, 0.15) is 23.1 Å². The maximum Gasteiger partial charge on any atom is 0.278 e. The van der Waals surface area contributed by atoms with E-state index in [2.05, 4.69) is 20.0 Å². The van der Waals surface area contributed by atoms with Crippen molar-refractivity contribution in [2.45, 2.75) is 20.4 Å². The summed E-state index contributed by atoms with van der Waals surface area (Å²) < 4.78 is 5.64. The van der Waals surface area contributed by atoms with Gasteiger partial charge in [0.05, 0.1) is 10.6 Å². The van der Waals surface area contributed by atoms with Gasteiger partial charge in [-0.05, 0) is 43.1 Å². The van der Waals surface area contributed by atoms with Crippen LogP contribution >= 0.6 is 23.1 Å². The van der Waals surface area contributed by atoms with E-state index in [1.807, 2.05) is 32.0 Å². The second-order valence-corrected chi connectivity index (χ2v) is 6.09. The Bertz CT molecular complexity index is 840. The smallest absolute Gasteiger partial charge is 0.278 e. The van der Waals surface area contributed by atoms with Crippen LogP contribution in [0.4, 0.5) is 5.82 Å². The molecule has 2 aromatic heterocycles. The van der Waals surface area contributed by atoms with Gasteiger partial charge in [0.2, 0.25) is 0 Å². The van der Waals surface area contributed by atoms with Gasteiger partial charge in [0.15, 0.2) is 5.69 Å². The molecular formula is C15H14ClN5OS. The maximum atomic E-state index is 12.5. The molecule has 118 valence electrons. The monoisotopic (exact) mass is 347 g/mol. The van der Waals surface area contributed by atoms with E-state index in [4.69, 9.17) is 11.6 Å². The lowest BCUT2D eigenvalue weighted by molar-refractivity contribution is 0.102. The Morgan fingerprint density at radius 2 is 2.09 bits per heavy atom. The first-order valence-electron chi connectivity index (χ1n) is 7.02. The Balaban J connectivity index is 1.89. The van der Waals surface area contributed by atoms with Gasteiger partial charge in [-0.3, -0.25) is 4.79 Å². The quantitative estimate of drug-likeness (QED) is 0.782. The van der Waals surface area contributed by atoms with Gasteiger partial charge < -0.3 is 5.32 Å². The van der Waals surface area contributed by atoms with Crippen molar-refractivity contribution in [3.8, 4) is 10.4 Å². The minimum Gasteiger partial charge on any atom is -0.305 e. The largest absolute Gasteiger partial charge is 0.305 e. The second kappa shape index (κ2) is 6.47. The third-order valence-corrected chi connectivity index (χ3v) is 4.28. The van der Waals surface area contributed by atoms with Gasteiger partial charge in [0.1, 0.15) is 5.82 Å². The molecule has 0 saturated heterocycles. The first-order valence-corrected chi connectivity index (χ1v) is 8.17. The van der Waals surface area contributed by atoms with Gasteiger partial charge >= 0.3 is 0 Å². The minimum absolute atomic E-state index is 0.291. The predicted molar refractivity (Wildman–Crippen MR) is 90.9 cm³/mol. The fourth-order valence-corrected chi connectivity index (χ4v) is 2.98. The SMILES string of the molecule is CCn1nc(C)cc1NC(=O)c1nnsc1-c1ccc(Cl)cc1. The van der Waals surface area contributed by atoms with Gasteiger partial charge in [-0.1, -0.05) is 28.2 Å². The van der Waals surface area contributed by atoms with E-state index < -0.39 is 0 Å². The van der Waals surface area contributed by atoms with Crippen molar-refractivity contribution in [1.82, 2.24) is 19.4 Å². The van der Waals surface area contributed by atoms with Crippen LogP contribution in [-0.4, -0.2) is 25.3 Å². The highest BCUT2D eigenvalue weighted by molar-refractivity contribution is 7.09. The van der Waals surface area contributed by atoms with Crippen molar-refractivity contribution in [3.05, 3.63) is 46.7 Å². The van der Waals surface area contributed by atoms with Crippen molar-refractivity contribution in [3.63, 3.8) is 0 Å². The van der Waals surface area contributed by atoms with Crippen molar-refractivity contribution < 1.29 is 4.79 Å². The Hall–Kier alpha value is -2.25. The molecule has 1 amide bonds. The summed E-state index contributed by atoms with van der Waals surface area (Å²) in [6.45, 7) is 4.51. The number of nitrogens with one attached hydrogen (secondary N) is 1. The number of nitrogens with zero attached hydrogens (tertiary/aromatic N) is 4. The Morgan fingerprint density at radius 1 is 1.35 bits per heavy atom.